The highest BCUT2D eigenvalue weighted by molar-refractivity contribution is 4.79. The maximum absolute atomic E-state index is 5.39. The maximum atomic E-state index is 5.39. The van der Waals surface area contributed by atoms with E-state index in [2.05, 4.69) is 19.2 Å². The van der Waals surface area contributed by atoms with Gasteiger partial charge in [-0.1, -0.05) is 13.8 Å². The summed E-state index contributed by atoms with van der Waals surface area (Å²) in [6, 6.07) is 0. The first-order valence-corrected chi connectivity index (χ1v) is 4.01. The Balaban J connectivity index is 2.51. The van der Waals surface area contributed by atoms with E-state index < -0.39 is 0 Å². The molecule has 1 rings (SSSR count). The van der Waals surface area contributed by atoms with Crippen LogP contribution in [0.2, 0.25) is 0 Å². The van der Waals surface area contributed by atoms with Gasteiger partial charge in [-0.15, -0.1) is 0 Å². The lowest BCUT2D eigenvalue weighted by Crippen LogP contribution is -2.90. The molecule has 0 spiro atoms. The van der Waals surface area contributed by atoms with Crippen LogP contribution in [0.5, 0.6) is 0 Å². The zero-order chi connectivity index (χ0) is 7.61. The second-order valence-corrected chi connectivity index (χ2v) is 3.78. The summed E-state index contributed by atoms with van der Waals surface area (Å²) in [5.41, 5.74) is 0.368. The molecule has 1 aliphatic rings. The quantitative estimate of drug-likeness (QED) is 0.550. The van der Waals surface area contributed by atoms with Gasteiger partial charge in [0.05, 0.1) is 19.2 Å². The van der Waals surface area contributed by atoms with E-state index in [0.29, 0.717) is 11.5 Å². The molecule has 0 aromatic rings. The molecule has 1 heterocycles. The Labute approximate surface area is 63.0 Å². The molecule has 0 saturated carbocycles. The normalized spacial score (nSPS) is 32.1. The number of methoxy groups -OCH3 is 1. The number of rotatable bonds is 1. The summed E-state index contributed by atoms with van der Waals surface area (Å²) in [6.45, 7) is 6.97. The molecule has 1 saturated heterocycles. The molecule has 2 heteroatoms. The molecule has 0 aromatic heterocycles. The van der Waals surface area contributed by atoms with E-state index in [1.807, 2.05) is 7.11 Å². The third kappa shape index (κ3) is 1.50. The molecular formula is C8H18NO+. The van der Waals surface area contributed by atoms with Crippen molar-refractivity contribution in [3.05, 3.63) is 0 Å². The molecule has 60 valence electrons. The van der Waals surface area contributed by atoms with Gasteiger partial charge in [0.1, 0.15) is 0 Å². The van der Waals surface area contributed by atoms with E-state index in [1.54, 1.807) is 0 Å². The van der Waals surface area contributed by atoms with Crippen LogP contribution in [0, 0.1) is 5.41 Å². The number of hydrogen-bond acceptors (Lipinski definition) is 1. The number of quaternary nitrogens is 1. The Morgan fingerprint density at radius 3 is 2.60 bits per heavy atom. The van der Waals surface area contributed by atoms with E-state index in [-0.39, 0.29) is 0 Å². The summed E-state index contributed by atoms with van der Waals surface area (Å²) in [5, 5.41) is 2.37. The van der Waals surface area contributed by atoms with Gasteiger partial charge in [-0.2, -0.15) is 0 Å². The van der Waals surface area contributed by atoms with Crippen LogP contribution in [0.15, 0.2) is 0 Å². The van der Waals surface area contributed by atoms with E-state index in [1.165, 1.54) is 19.5 Å². The van der Waals surface area contributed by atoms with E-state index in [0.717, 1.165) is 0 Å². The van der Waals surface area contributed by atoms with Crippen molar-refractivity contribution in [2.45, 2.75) is 26.4 Å². The lowest BCUT2D eigenvalue weighted by molar-refractivity contribution is -0.679. The van der Waals surface area contributed by atoms with Gasteiger partial charge in [0.15, 0.2) is 0 Å². The van der Waals surface area contributed by atoms with Gasteiger partial charge in [-0.25, -0.2) is 0 Å². The molecule has 10 heavy (non-hydrogen) atoms. The van der Waals surface area contributed by atoms with Crippen molar-refractivity contribution in [2.24, 2.45) is 5.41 Å². The minimum absolute atomic E-state index is 0.368. The Morgan fingerprint density at radius 1 is 1.50 bits per heavy atom. The average molecular weight is 144 g/mol. The number of nitrogens with two attached hydrogens (primary N) is 1. The van der Waals surface area contributed by atoms with Gasteiger partial charge in [-0.05, 0) is 0 Å². The van der Waals surface area contributed by atoms with E-state index >= 15 is 0 Å². The summed E-state index contributed by atoms with van der Waals surface area (Å²) < 4.78 is 5.39. The largest absolute Gasteiger partial charge is 0.380 e. The Bertz CT molecular complexity index is 112. The van der Waals surface area contributed by atoms with Crippen molar-refractivity contribution in [1.29, 1.82) is 0 Å². The smallest absolute Gasteiger partial charge is 0.0832 e. The Kier molecular flexibility index (Phi) is 2.32. The summed E-state index contributed by atoms with van der Waals surface area (Å²) in [7, 11) is 1.82. The van der Waals surface area contributed by atoms with Crippen molar-refractivity contribution in [3.63, 3.8) is 0 Å². The average Bonchev–Trinajstić information content (AvgIpc) is 1.87. The van der Waals surface area contributed by atoms with Gasteiger partial charge in [-0.3, -0.25) is 0 Å². The second kappa shape index (κ2) is 2.89. The van der Waals surface area contributed by atoms with Crippen LogP contribution >= 0.6 is 0 Å². The third-order valence-corrected chi connectivity index (χ3v) is 2.46. The summed E-state index contributed by atoms with van der Waals surface area (Å²) in [6.07, 6.45) is 1.67. The van der Waals surface area contributed by atoms with Gasteiger partial charge in [0.2, 0.25) is 0 Å². The molecule has 0 bridgehead atoms. The second-order valence-electron chi connectivity index (χ2n) is 3.78. The molecule has 1 aliphatic heterocycles. The van der Waals surface area contributed by atoms with Crippen molar-refractivity contribution in [3.8, 4) is 0 Å². The van der Waals surface area contributed by atoms with E-state index in [9.17, 15) is 0 Å². The molecule has 2 nitrogen and oxygen atoms in total. The predicted molar refractivity (Wildman–Crippen MR) is 40.9 cm³/mol. The van der Waals surface area contributed by atoms with Crippen LogP contribution in [0.4, 0.5) is 0 Å². The SMILES string of the molecule is CO[C@H]1CC[NH2+]CC1(C)C. The number of piperidine rings is 1. The van der Waals surface area contributed by atoms with Crippen LogP contribution in [0.25, 0.3) is 0 Å². The first-order valence-electron chi connectivity index (χ1n) is 4.01. The molecule has 1 fully saturated rings. The minimum Gasteiger partial charge on any atom is -0.380 e. The topological polar surface area (TPSA) is 25.8 Å². The van der Waals surface area contributed by atoms with Gasteiger partial charge in [0.25, 0.3) is 0 Å². The van der Waals surface area contributed by atoms with Gasteiger partial charge in [0, 0.05) is 18.9 Å². The maximum Gasteiger partial charge on any atom is 0.0832 e. The van der Waals surface area contributed by atoms with Crippen molar-refractivity contribution in [2.75, 3.05) is 20.2 Å². The molecule has 0 radical (unpaired) electrons. The first kappa shape index (κ1) is 8.02. The highest BCUT2D eigenvalue weighted by atomic mass is 16.5. The fourth-order valence-electron chi connectivity index (χ4n) is 1.70. The van der Waals surface area contributed by atoms with E-state index in [4.69, 9.17) is 4.74 Å². The van der Waals surface area contributed by atoms with Crippen LogP contribution in [-0.4, -0.2) is 26.3 Å². The Morgan fingerprint density at radius 2 is 2.20 bits per heavy atom. The van der Waals surface area contributed by atoms with Crippen LogP contribution in [-0.2, 0) is 4.74 Å². The zero-order valence-corrected chi connectivity index (χ0v) is 7.18. The summed E-state index contributed by atoms with van der Waals surface area (Å²) in [4.78, 5) is 0. The van der Waals surface area contributed by atoms with Crippen LogP contribution in [0.1, 0.15) is 20.3 Å². The van der Waals surface area contributed by atoms with Crippen LogP contribution in [0.3, 0.4) is 0 Å². The van der Waals surface area contributed by atoms with Crippen molar-refractivity contribution >= 4 is 0 Å². The first-order chi connectivity index (χ1) is 4.67. The zero-order valence-electron chi connectivity index (χ0n) is 7.18. The van der Waals surface area contributed by atoms with Gasteiger partial charge < -0.3 is 10.1 Å². The van der Waals surface area contributed by atoms with Crippen LogP contribution < -0.4 is 5.32 Å². The third-order valence-electron chi connectivity index (χ3n) is 2.46. The molecule has 2 N–H and O–H groups in total. The number of ether oxygens (including phenoxy) is 1. The molecule has 0 amide bonds. The standard InChI is InChI=1S/C8H17NO/c1-8(2)6-9-5-4-7(8)10-3/h7,9H,4-6H2,1-3H3/p+1/t7-/m0/s1. The molecule has 0 unspecified atom stereocenters. The molecular weight excluding hydrogens is 126 g/mol. The lowest BCUT2D eigenvalue weighted by Gasteiger charge is -2.35. The molecule has 0 aromatic carbocycles. The molecule has 1 atom stereocenters. The fraction of sp³-hybridized carbons (Fsp3) is 1.00. The predicted octanol–water partition coefficient (Wildman–Crippen LogP) is -0.00530. The monoisotopic (exact) mass is 144 g/mol. The number of hydrogen-bond donors (Lipinski definition) is 1. The highest BCUT2D eigenvalue weighted by Gasteiger charge is 2.34. The molecule has 0 aliphatic carbocycles. The van der Waals surface area contributed by atoms with Crippen molar-refractivity contribution in [1.82, 2.24) is 0 Å². The summed E-state index contributed by atoms with van der Waals surface area (Å²) >= 11 is 0. The summed E-state index contributed by atoms with van der Waals surface area (Å²) in [5.74, 6) is 0. The van der Waals surface area contributed by atoms with Gasteiger partial charge >= 0.3 is 0 Å². The fourth-order valence-corrected chi connectivity index (χ4v) is 1.70. The van der Waals surface area contributed by atoms with Crippen molar-refractivity contribution < 1.29 is 10.1 Å². The highest BCUT2D eigenvalue weighted by Crippen LogP contribution is 2.24. The lowest BCUT2D eigenvalue weighted by atomic mass is 9.82. The minimum atomic E-state index is 0.368. The Hall–Kier alpha value is -0.0800.